The predicted molar refractivity (Wildman–Crippen MR) is 55.9 cm³/mol. The number of hydrogen-bond donors (Lipinski definition) is 0. The Bertz CT molecular complexity index is 289. The quantitative estimate of drug-likeness (QED) is 0.688. The van der Waals surface area contributed by atoms with Crippen molar-refractivity contribution in [1.29, 1.82) is 0 Å². The van der Waals surface area contributed by atoms with Crippen LogP contribution < -0.4 is 0 Å². The molecule has 0 N–H and O–H groups in total. The summed E-state index contributed by atoms with van der Waals surface area (Å²) in [5.41, 5.74) is -0.509. The molecule has 92 valence electrons. The van der Waals surface area contributed by atoms with E-state index in [2.05, 4.69) is 0 Å². The molecule has 0 saturated carbocycles. The highest BCUT2D eigenvalue weighted by Gasteiger charge is 2.50. The SMILES string of the molecule is CC(C)(C)OC(=O)N1CC2OCC1C2CF. The number of halogens is 1. The minimum absolute atomic E-state index is 0.148. The molecular formula is C11H18FNO3. The molecule has 0 aromatic heterocycles. The third kappa shape index (κ3) is 2.00. The highest BCUT2D eigenvalue weighted by Crippen LogP contribution is 2.35. The zero-order valence-corrected chi connectivity index (χ0v) is 9.90. The highest BCUT2D eigenvalue weighted by molar-refractivity contribution is 5.69. The van der Waals surface area contributed by atoms with E-state index in [9.17, 15) is 9.18 Å². The van der Waals surface area contributed by atoms with Gasteiger partial charge in [-0.25, -0.2) is 4.79 Å². The van der Waals surface area contributed by atoms with Crippen molar-refractivity contribution in [1.82, 2.24) is 4.90 Å². The molecule has 2 saturated heterocycles. The van der Waals surface area contributed by atoms with Gasteiger partial charge >= 0.3 is 6.09 Å². The smallest absolute Gasteiger partial charge is 0.410 e. The highest BCUT2D eigenvalue weighted by atomic mass is 19.1. The Morgan fingerprint density at radius 3 is 2.75 bits per heavy atom. The van der Waals surface area contributed by atoms with Crippen molar-refractivity contribution in [2.45, 2.75) is 38.5 Å². The van der Waals surface area contributed by atoms with Crippen molar-refractivity contribution in [3.05, 3.63) is 0 Å². The Hall–Kier alpha value is -0.840. The molecule has 2 bridgehead atoms. The molecule has 16 heavy (non-hydrogen) atoms. The summed E-state index contributed by atoms with van der Waals surface area (Å²) in [6.45, 7) is 5.91. The second-order valence-electron chi connectivity index (χ2n) is 5.39. The average Bonchev–Trinajstić information content (AvgIpc) is 2.70. The predicted octanol–water partition coefficient (Wildman–Crippen LogP) is 1.59. The first-order valence-electron chi connectivity index (χ1n) is 5.59. The van der Waals surface area contributed by atoms with Gasteiger partial charge in [0.1, 0.15) is 5.60 Å². The lowest BCUT2D eigenvalue weighted by molar-refractivity contribution is -0.00898. The van der Waals surface area contributed by atoms with Crippen LogP contribution >= 0.6 is 0 Å². The van der Waals surface area contributed by atoms with Crippen LogP contribution in [0.1, 0.15) is 20.8 Å². The summed E-state index contributed by atoms with van der Waals surface area (Å²) in [5, 5.41) is 0. The van der Waals surface area contributed by atoms with Gasteiger partial charge in [0, 0.05) is 5.92 Å². The van der Waals surface area contributed by atoms with E-state index in [0.717, 1.165) is 0 Å². The number of carbonyl (C=O) groups is 1. The fraction of sp³-hybridized carbons (Fsp3) is 0.909. The van der Waals surface area contributed by atoms with Crippen LogP contribution in [0.2, 0.25) is 0 Å². The van der Waals surface area contributed by atoms with E-state index in [-0.39, 0.29) is 24.2 Å². The van der Waals surface area contributed by atoms with Gasteiger partial charge in [-0.3, -0.25) is 9.29 Å². The molecule has 1 amide bonds. The van der Waals surface area contributed by atoms with Crippen molar-refractivity contribution in [3.63, 3.8) is 0 Å². The van der Waals surface area contributed by atoms with E-state index in [1.54, 1.807) is 4.90 Å². The molecule has 0 spiro atoms. The molecule has 0 aliphatic carbocycles. The third-order valence-corrected chi connectivity index (χ3v) is 3.04. The lowest BCUT2D eigenvalue weighted by atomic mass is 10.0. The number of ether oxygens (including phenoxy) is 2. The Kier molecular flexibility index (Phi) is 2.82. The topological polar surface area (TPSA) is 38.8 Å². The number of likely N-dealkylation sites (tertiary alicyclic amines) is 1. The van der Waals surface area contributed by atoms with Gasteiger partial charge in [-0.05, 0) is 20.8 Å². The van der Waals surface area contributed by atoms with Crippen LogP contribution in [0.15, 0.2) is 0 Å². The Morgan fingerprint density at radius 1 is 1.56 bits per heavy atom. The number of nitrogens with zero attached hydrogens (tertiary/aromatic N) is 1. The number of carbonyl (C=O) groups excluding carboxylic acids is 1. The normalized spacial score (nSPS) is 33.2. The van der Waals surface area contributed by atoms with Crippen molar-refractivity contribution in [2.75, 3.05) is 19.8 Å². The molecule has 2 heterocycles. The fourth-order valence-corrected chi connectivity index (χ4v) is 2.29. The third-order valence-electron chi connectivity index (χ3n) is 3.04. The van der Waals surface area contributed by atoms with E-state index in [4.69, 9.17) is 9.47 Å². The van der Waals surface area contributed by atoms with E-state index >= 15 is 0 Å². The Labute approximate surface area is 94.7 Å². The summed E-state index contributed by atoms with van der Waals surface area (Å²) in [6.07, 6.45) is -0.510. The molecule has 4 nitrogen and oxygen atoms in total. The molecule has 3 atom stereocenters. The number of fused-ring (bicyclic) bond motifs is 2. The van der Waals surface area contributed by atoms with Crippen molar-refractivity contribution in [2.24, 2.45) is 5.92 Å². The zero-order valence-electron chi connectivity index (χ0n) is 9.90. The van der Waals surface area contributed by atoms with E-state index in [1.165, 1.54) is 0 Å². The van der Waals surface area contributed by atoms with Gasteiger partial charge in [0.2, 0.25) is 0 Å². The molecule has 3 unspecified atom stereocenters. The first-order valence-corrected chi connectivity index (χ1v) is 5.59. The number of hydrogen-bond acceptors (Lipinski definition) is 3. The maximum Gasteiger partial charge on any atom is 0.410 e. The minimum atomic E-state index is -0.509. The summed E-state index contributed by atoms with van der Waals surface area (Å²) < 4.78 is 23.4. The Balaban J connectivity index is 2.00. The first-order chi connectivity index (χ1) is 7.42. The Morgan fingerprint density at radius 2 is 2.25 bits per heavy atom. The lowest BCUT2D eigenvalue weighted by Gasteiger charge is -2.30. The molecule has 2 aliphatic heterocycles. The van der Waals surface area contributed by atoms with Crippen LogP contribution in [0.4, 0.5) is 9.18 Å². The molecule has 0 aromatic carbocycles. The molecule has 5 heteroatoms. The number of alkyl halides is 1. The zero-order chi connectivity index (χ0) is 11.9. The van der Waals surface area contributed by atoms with Gasteiger partial charge in [0.05, 0.1) is 32.0 Å². The number of morpholine rings is 1. The summed E-state index contributed by atoms with van der Waals surface area (Å²) in [6, 6.07) is -0.148. The molecule has 2 rings (SSSR count). The van der Waals surface area contributed by atoms with E-state index in [0.29, 0.717) is 13.2 Å². The maximum atomic E-state index is 12.8. The fourth-order valence-electron chi connectivity index (χ4n) is 2.29. The van der Waals surface area contributed by atoms with Gasteiger partial charge in [-0.15, -0.1) is 0 Å². The molecule has 2 fully saturated rings. The van der Waals surface area contributed by atoms with E-state index in [1.807, 2.05) is 20.8 Å². The molecule has 0 radical (unpaired) electrons. The van der Waals surface area contributed by atoms with Gasteiger partial charge in [0.15, 0.2) is 0 Å². The van der Waals surface area contributed by atoms with Crippen LogP contribution in [0, 0.1) is 5.92 Å². The maximum absolute atomic E-state index is 12.8. The number of rotatable bonds is 1. The van der Waals surface area contributed by atoms with Gasteiger partial charge in [-0.2, -0.15) is 0 Å². The summed E-state index contributed by atoms with van der Waals surface area (Å²) in [5.74, 6) is -0.174. The second kappa shape index (κ2) is 3.87. The van der Waals surface area contributed by atoms with Crippen LogP contribution in [0.3, 0.4) is 0 Å². The van der Waals surface area contributed by atoms with Gasteiger partial charge in [0.25, 0.3) is 0 Å². The van der Waals surface area contributed by atoms with Crippen LogP contribution in [0.5, 0.6) is 0 Å². The second-order valence-corrected chi connectivity index (χ2v) is 5.39. The first kappa shape index (κ1) is 11.6. The summed E-state index contributed by atoms with van der Waals surface area (Å²) in [7, 11) is 0. The lowest BCUT2D eigenvalue weighted by Crippen LogP contribution is -2.44. The van der Waals surface area contributed by atoms with Gasteiger partial charge in [-0.1, -0.05) is 0 Å². The molecular weight excluding hydrogens is 213 g/mol. The van der Waals surface area contributed by atoms with Crippen LogP contribution in [0.25, 0.3) is 0 Å². The van der Waals surface area contributed by atoms with E-state index < -0.39 is 12.3 Å². The van der Waals surface area contributed by atoms with Crippen LogP contribution in [-0.2, 0) is 9.47 Å². The standard InChI is InChI=1S/C11H18FNO3/c1-11(2,3)16-10(14)13-5-9-7(4-12)8(13)6-15-9/h7-9H,4-6H2,1-3H3. The summed E-state index contributed by atoms with van der Waals surface area (Å²) in [4.78, 5) is 13.4. The van der Waals surface area contributed by atoms with Crippen LogP contribution in [-0.4, -0.2) is 48.6 Å². The van der Waals surface area contributed by atoms with Crippen molar-refractivity contribution in [3.8, 4) is 0 Å². The molecule has 0 aromatic rings. The van der Waals surface area contributed by atoms with Crippen molar-refractivity contribution < 1.29 is 18.7 Å². The largest absolute Gasteiger partial charge is 0.444 e. The van der Waals surface area contributed by atoms with Gasteiger partial charge < -0.3 is 9.47 Å². The van der Waals surface area contributed by atoms with Crippen molar-refractivity contribution >= 4 is 6.09 Å². The summed E-state index contributed by atoms with van der Waals surface area (Å²) >= 11 is 0. The average molecular weight is 231 g/mol. The minimum Gasteiger partial charge on any atom is -0.444 e. The number of amides is 1. The monoisotopic (exact) mass is 231 g/mol. The molecule has 2 aliphatic rings.